The summed E-state index contributed by atoms with van der Waals surface area (Å²) < 4.78 is 5.20. The molecule has 21 heavy (non-hydrogen) atoms. The third-order valence-electron chi connectivity index (χ3n) is 4.31. The van der Waals surface area contributed by atoms with Crippen molar-refractivity contribution in [3.63, 3.8) is 0 Å². The standard InChI is InChI=1S/C16H27N3O2/c1-13-9-14(2)18-15(17-13)10-19-7-4-5-16(11-19,12-20)6-8-21-3/h9,20H,4-8,10-12H2,1-3H3. The second-order valence-corrected chi connectivity index (χ2v) is 6.28. The first-order chi connectivity index (χ1) is 10.1. The van der Waals surface area contributed by atoms with E-state index >= 15 is 0 Å². The predicted molar refractivity (Wildman–Crippen MR) is 82.0 cm³/mol. The molecular weight excluding hydrogens is 266 g/mol. The lowest BCUT2D eigenvalue weighted by Gasteiger charge is -2.41. The number of nitrogens with zero attached hydrogens (tertiary/aromatic N) is 3. The number of aliphatic hydroxyl groups excluding tert-OH is 1. The normalized spacial score (nSPS) is 23.4. The van der Waals surface area contributed by atoms with Crippen LogP contribution in [0.4, 0.5) is 0 Å². The fraction of sp³-hybridized carbons (Fsp3) is 0.750. The van der Waals surface area contributed by atoms with Crippen molar-refractivity contribution in [2.45, 2.75) is 39.7 Å². The number of hydrogen-bond donors (Lipinski definition) is 1. The van der Waals surface area contributed by atoms with E-state index in [-0.39, 0.29) is 12.0 Å². The molecule has 0 radical (unpaired) electrons. The smallest absolute Gasteiger partial charge is 0.142 e. The van der Waals surface area contributed by atoms with Gasteiger partial charge in [-0.25, -0.2) is 9.97 Å². The second-order valence-electron chi connectivity index (χ2n) is 6.28. The van der Waals surface area contributed by atoms with Gasteiger partial charge in [0.05, 0.1) is 13.2 Å². The molecule has 5 heteroatoms. The topological polar surface area (TPSA) is 58.5 Å². The third kappa shape index (κ3) is 4.46. The van der Waals surface area contributed by atoms with Crippen molar-refractivity contribution in [3.8, 4) is 0 Å². The van der Waals surface area contributed by atoms with Crippen LogP contribution in [-0.4, -0.2) is 53.4 Å². The zero-order valence-corrected chi connectivity index (χ0v) is 13.4. The monoisotopic (exact) mass is 293 g/mol. The van der Waals surface area contributed by atoms with Crippen LogP contribution in [0.3, 0.4) is 0 Å². The summed E-state index contributed by atoms with van der Waals surface area (Å²) >= 11 is 0. The SMILES string of the molecule is COCCC1(CO)CCCN(Cc2nc(C)cc(C)n2)C1. The first-order valence-corrected chi connectivity index (χ1v) is 7.70. The van der Waals surface area contributed by atoms with Crippen molar-refractivity contribution in [1.29, 1.82) is 0 Å². The van der Waals surface area contributed by atoms with Crippen LogP contribution in [0.1, 0.15) is 36.5 Å². The van der Waals surface area contributed by atoms with E-state index in [1.54, 1.807) is 7.11 Å². The van der Waals surface area contributed by atoms with E-state index in [0.29, 0.717) is 6.61 Å². The Kier molecular flexibility index (Phi) is 5.67. The Morgan fingerprint density at radius 1 is 1.33 bits per heavy atom. The lowest BCUT2D eigenvalue weighted by molar-refractivity contribution is 0.00393. The molecule has 0 amide bonds. The summed E-state index contributed by atoms with van der Waals surface area (Å²) in [7, 11) is 1.72. The Morgan fingerprint density at radius 2 is 2.05 bits per heavy atom. The fourth-order valence-electron chi connectivity index (χ4n) is 3.25. The van der Waals surface area contributed by atoms with Gasteiger partial charge in [0.2, 0.25) is 0 Å². The molecule has 0 saturated carbocycles. The highest BCUT2D eigenvalue weighted by molar-refractivity contribution is 5.08. The van der Waals surface area contributed by atoms with Gasteiger partial charge in [0.15, 0.2) is 0 Å². The van der Waals surface area contributed by atoms with Crippen LogP contribution >= 0.6 is 0 Å². The van der Waals surface area contributed by atoms with Gasteiger partial charge in [-0.3, -0.25) is 4.90 Å². The minimum atomic E-state index is -0.0346. The van der Waals surface area contributed by atoms with Crippen LogP contribution in [0.25, 0.3) is 0 Å². The van der Waals surface area contributed by atoms with E-state index < -0.39 is 0 Å². The van der Waals surface area contributed by atoms with Gasteiger partial charge in [0, 0.05) is 37.1 Å². The number of piperidine rings is 1. The summed E-state index contributed by atoms with van der Waals surface area (Å²) in [4.78, 5) is 11.4. The molecule has 0 aromatic carbocycles. The molecule has 0 spiro atoms. The van der Waals surface area contributed by atoms with Crippen LogP contribution < -0.4 is 0 Å². The maximum atomic E-state index is 9.83. The van der Waals surface area contributed by atoms with Crippen molar-refractivity contribution in [2.75, 3.05) is 33.4 Å². The summed E-state index contributed by atoms with van der Waals surface area (Å²) in [5, 5.41) is 9.83. The Morgan fingerprint density at radius 3 is 2.67 bits per heavy atom. The van der Waals surface area contributed by atoms with Crippen molar-refractivity contribution < 1.29 is 9.84 Å². The molecule has 118 valence electrons. The van der Waals surface area contributed by atoms with E-state index in [1.165, 1.54) is 0 Å². The number of hydrogen-bond acceptors (Lipinski definition) is 5. The summed E-state index contributed by atoms with van der Waals surface area (Å²) in [5.74, 6) is 0.882. The van der Waals surface area contributed by atoms with Gasteiger partial charge >= 0.3 is 0 Å². The van der Waals surface area contributed by atoms with Crippen LogP contribution in [0.2, 0.25) is 0 Å². The zero-order valence-electron chi connectivity index (χ0n) is 13.4. The largest absolute Gasteiger partial charge is 0.396 e. The third-order valence-corrected chi connectivity index (χ3v) is 4.31. The molecule has 0 aliphatic carbocycles. The Labute approximate surface area is 127 Å². The maximum Gasteiger partial charge on any atom is 0.142 e. The molecule has 1 fully saturated rings. The summed E-state index contributed by atoms with van der Waals surface area (Å²) in [6.07, 6.45) is 3.08. The van der Waals surface area contributed by atoms with Gasteiger partial charge in [0.25, 0.3) is 0 Å². The van der Waals surface area contributed by atoms with Gasteiger partial charge in [-0.1, -0.05) is 0 Å². The van der Waals surface area contributed by atoms with Crippen molar-refractivity contribution in [1.82, 2.24) is 14.9 Å². The molecular formula is C16H27N3O2. The van der Waals surface area contributed by atoms with Crippen LogP contribution in [0.5, 0.6) is 0 Å². The van der Waals surface area contributed by atoms with E-state index in [4.69, 9.17) is 4.74 Å². The number of aryl methyl sites for hydroxylation is 2. The molecule has 1 unspecified atom stereocenters. The van der Waals surface area contributed by atoms with Crippen LogP contribution in [-0.2, 0) is 11.3 Å². The molecule has 5 nitrogen and oxygen atoms in total. The highest BCUT2D eigenvalue weighted by Gasteiger charge is 2.34. The highest BCUT2D eigenvalue weighted by Crippen LogP contribution is 2.33. The molecule has 1 N–H and O–H groups in total. The maximum absolute atomic E-state index is 9.83. The molecule has 1 aromatic heterocycles. The summed E-state index contributed by atoms with van der Waals surface area (Å²) in [6.45, 7) is 7.64. The van der Waals surface area contributed by atoms with Crippen LogP contribution in [0.15, 0.2) is 6.07 Å². The number of methoxy groups -OCH3 is 1. The zero-order chi connectivity index (χ0) is 15.3. The quantitative estimate of drug-likeness (QED) is 0.865. The molecule has 1 saturated heterocycles. The highest BCUT2D eigenvalue weighted by atomic mass is 16.5. The second kappa shape index (κ2) is 7.29. The van der Waals surface area contributed by atoms with Crippen molar-refractivity contribution >= 4 is 0 Å². The molecule has 1 aliphatic rings. The fourth-order valence-corrected chi connectivity index (χ4v) is 3.25. The van der Waals surface area contributed by atoms with Crippen molar-refractivity contribution in [3.05, 3.63) is 23.3 Å². The van der Waals surface area contributed by atoms with E-state index in [9.17, 15) is 5.11 Å². The van der Waals surface area contributed by atoms with E-state index in [0.717, 1.165) is 56.1 Å². The molecule has 1 atom stereocenters. The van der Waals surface area contributed by atoms with Crippen LogP contribution in [0, 0.1) is 19.3 Å². The van der Waals surface area contributed by atoms with Gasteiger partial charge in [-0.2, -0.15) is 0 Å². The molecule has 2 heterocycles. The number of ether oxygens (including phenoxy) is 1. The van der Waals surface area contributed by atoms with Gasteiger partial charge in [0.1, 0.15) is 5.82 Å². The number of likely N-dealkylation sites (tertiary alicyclic amines) is 1. The average Bonchev–Trinajstić information content (AvgIpc) is 2.44. The van der Waals surface area contributed by atoms with Gasteiger partial charge < -0.3 is 9.84 Å². The first-order valence-electron chi connectivity index (χ1n) is 7.70. The lowest BCUT2D eigenvalue weighted by atomic mass is 9.78. The number of rotatable bonds is 6. The summed E-state index contributed by atoms with van der Waals surface area (Å²) in [5.41, 5.74) is 2.00. The predicted octanol–water partition coefficient (Wildman–Crippen LogP) is 1.70. The molecule has 0 bridgehead atoms. The Bertz CT molecular complexity index is 447. The number of aliphatic hydroxyl groups is 1. The number of aromatic nitrogens is 2. The van der Waals surface area contributed by atoms with Gasteiger partial charge in [-0.15, -0.1) is 0 Å². The first kappa shape index (κ1) is 16.3. The molecule has 2 rings (SSSR count). The molecule has 1 aromatic rings. The van der Waals surface area contributed by atoms with E-state index in [2.05, 4.69) is 14.9 Å². The lowest BCUT2D eigenvalue weighted by Crippen LogP contribution is -2.45. The van der Waals surface area contributed by atoms with E-state index in [1.807, 2.05) is 19.9 Å². The van der Waals surface area contributed by atoms with Crippen molar-refractivity contribution in [2.24, 2.45) is 5.41 Å². The average molecular weight is 293 g/mol. The Balaban J connectivity index is 2.03. The summed E-state index contributed by atoms with van der Waals surface area (Å²) in [6, 6.07) is 2.00. The van der Waals surface area contributed by atoms with Gasteiger partial charge in [-0.05, 0) is 45.7 Å². The minimum absolute atomic E-state index is 0.0346. The molecule has 1 aliphatic heterocycles. The Hall–Kier alpha value is -1.04. The minimum Gasteiger partial charge on any atom is -0.396 e.